The number of aliphatic imine (C=N–C) groups is 8. The van der Waals surface area contributed by atoms with Crippen molar-refractivity contribution in [1.82, 2.24) is 39.2 Å². The number of rotatable bonds is 0. The summed E-state index contributed by atoms with van der Waals surface area (Å²) in [6.45, 7) is 0. The minimum Gasteiger partial charge on any atom is -0.881 e. The van der Waals surface area contributed by atoms with Gasteiger partial charge in [-0.2, -0.15) is 0 Å². The zero-order valence-corrected chi connectivity index (χ0v) is 72.1. The molecule has 584 valence electrons. The monoisotopic (exact) mass is 1430 g/mol. The Bertz CT molecular complexity index is 2030. The van der Waals surface area contributed by atoms with Gasteiger partial charge < -0.3 is 79.4 Å². The van der Waals surface area contributed by atoms with Gasteiger partial charge in [0.15, 0.2) is 0 Å². The Hall–Kier alpha value is -6.66. The van der Waals surface area contributed by atoms with Gasteiger partial charge in [0.05, 0.1) is 169 Å². The molecule has 0 spiro atoms. The van der Waals surface area contributed by atoms with E-state index in [9.17, 15) is 0 Å². The van der Waals surface area contributed by atoms with Gasteiger partial charge in [0.2, 0.25) is 0 Å². The van der Waals surface area contributed by atoms with Crippen LogP contribution in [0.5, 0.6) is 0 Å². The number of quaternary nitrogens is 8. The fourth-order valence-corrected chi connectivity index (χ4v) is 8.80. The zero-order chi connectivity index (χ0) is 84.0. The number of hydrogen-bond acceptors (Lipinski definition) is 20. The van der Waals surface area contributed by atoms with Gasteiger partial charge >= 0.3 is 0 Å². The van der Waals surface area contributed by atoms with Crippen molar-refractivity contribution in [3.8, 4) is 23.9 Å². The van der Waals surface area contributed by atoms with Gasteiger partial charge in [-0.3, -0.25) is 35.9 Å². The Morgan fingerprint density at radius 2 is 0.250 bits per heavy atom. The smallest absolute Gasteiger partial charge is 0.298 e. The van der Waals surface area contributed by atoms with E-state index in [4.69, 9.17) is 61.2 Å². The van der Waals surface area contributed by atoms with Crippen LogP contribution in [0.1, 0.15) is 0 Å². The van der Waals surface area contributed by atoms with E-state index < -0.39 is 28.5 Å². The van der Waals surface area contributed by atoms with E-state index in [-0.39, 0.29) is 0 Å². The molecule has 40 heteroatoms. The van der Waals surface area contributed by atoms with E-state index >= 15 is 0 Å². The highest BCUT2D eigenvalue weighted by atomic mass is 16.4. The van der Waals surface area contributed by atoms with Crippen LogP contribution in [0, 0.1) is 44.9 Å². The molecule has 0 aliphatic carbocycles. The minimum atomic E-state index is -2.31. The van der Waals surface area contributed by atoms with Crippen molar-refractivity contribution in [3.63, 3.8) is 0 Å². The Labute approximate surface area is 612 Å². The molecule has 0 radical (unpaired) electrons. The molecule has 0 saturated carbocycles. The van der Waals surface area contributed by atoms with Gasteiger partial charge in [0, 0.05) is 198 Å². The summed E-state index contributed by atoms with van der Waals surface area (Å²) in [6.07, 6.45) is 0. The third-order valence-electron chi connectivity index (χ3n) is 10.0. The molecular formula is C60H144B4N28O8. The minimum absolute atomic E-state index is 0.767. The highest BCUT2D eigenvalue weighted by molar-refractivity contribution is 6.47. The third kappa shape index (κ3) is 78.7. The van der Waals surface area contributed by atoms with Crippen molar-refractivity contribution in [1.29, 1.82) is 21.0 Å². The van der Waals surface area contributed by atoms with Crippen LogP contribution in [0.4, 0.5) is 0 Å². The normalized spacial score (nSPS) is 12.0. The lowest BCUT2D eigenvalue weighted by molar-refractivity contribution is -0.782. The van der Waals surface area contributed by atoms with Crippen molar-refractivity contribution in [2.75, 3.05) is 338 Å². The quantitative estimate of drug-likeness (QED) is 0.0940. The average molecular weight is 1430 g/mol. The van der Waals surface area contributed by atoms with Crippen LogP contribution < -0.4 is 40.2 Å². The summed E-state index contributed by atoms with van der Waals surface area (Å²) in [5, 5.41) is 101. The molecule has 0 atom stereocenters. The first-order valence-electron chi connectivity index (χ1n) is 30.8. The molecule has 0 fully saturated rings. The average Bonchev–Trinajstić information content (AvgIpc) is 0.981. The molecule has 0 rings (SSSR count). The van der Waals surface area contributed by atoms with Gasteiger partial charge in [0.25, 0.3) is 47.7 Å². The van der Waals surface area contributed by atoms with E-state index in [2.05, 4.69) is 209 Å². The number of nitrogens with zero attached hydrogens (tertiary/aromatic N) is 28. The molecule has 0 heterocycles. The predicted molar refractivity (Wildman–Crippen MR) is 406 cm³/mol. The Kier molecular flexibility index (Phi) is 72.1. The fraction of sp³-hybridized carbons (Fsp3) is 0.800. The van der Waals surface area contributed by atoms with Gasteiger partial charge in [-0.25, -0.2) is 61.0 Å². The van der Waals surface area contributed by atoms with E-state index in [1.807, 2.05) is 208 Å². The van der Waals surface area contributed by atoms with Crippen molar-refractivity contribution in [3.05, 3.63) is 0 Å². The Morgan fingerprint density at radius 1 is 0.200 bits per heavy atom. The van der Waals surface area contributed by atoms with Gasteiger partial charge in [-0.15, -0.1) is 0 Å². The summed E-state index contributed by atoms with van der Waals surface area (Å²) in [5.41, 5.74) is 0. The van der Waals surface area contributed by atoms with Crippen LogP contribution in [0.3, 0.4) is 0 Å². The first kappa shape index (κ1) is 120. The number of hydrogen-bond donors (Lipinski definition) is 0. The molecule has 36 nitrogen and oxygen atoms in total. The number of guanidine groups is 8. The number of nitriles is 4. The Morgan fingerprint density at radius 3 is 0.250 bits per heavy atom. The summed E-state index contributed by atoms with van der Waals surface area (Å²) >= 11 is 0. The van der Waals surface area contributed by atoms with E-state index in [0.717, 1.165) is 107 Å². The molecule has 100 heavy (non-hydrogen) atoms. The van der Waals surface area contributed by atoms with Crippen LogP contribution in [-0.4, -0.2) is 490 Å². The fourth-order valence-electron chi connectivity index (χ4n) is 8.80. The lowest BCUT2D eigenvalue weighted by Gasteiger charge is -2.28. The van der Waals surface area contributed by atoms with Gasteiger partial charge in [-0.05, 0) is 23.9 Å². The first-order valence-corrected chi connectivity index (χ1v) is 30.8. The summed E-state index contributed by atoms with van der Waals surface area (Å²) in [4.78, 5) is 49.6. The largest absolute Gasteiger partial charge is 0.881 e. The first-order chi connectivity index (χ1) is 44.2. The second-order valence-corrected chi connectivity index (χ2v) is 29.3. The van der Waals surface area contributed by atoms with Crippen LogP contribution in [0.15, 0.2) is 39.9 Å². The zero-order valence-electron chi connectivity index (χ0n) is 72.1. The lowest BCUT2D eigenvalue weighted by atomic mass is 9.97. The predicted octanol–water partition coefficient (Wildman–Crippen LogP) is -9.05. The molecule has 0 N–H and O–H groups in total. The van der Waals surface area contributed by atoms with Crippen LogP contribution in [-0.2, 0) is 0 Å². The second kappa shape index (κ2) is 60.0. The molecule has 0 aromatic heterocycles. The van der Waals surface area contributed by atoms with E-state index in [1.54, 1.807) is 0 Å². The SMILES string of the molecule is CN=C(N(C)C)[N+](C)(C)C.CN=C(N(C)C)[N+](C)(C)C.CN=C(N(C)C)[N+](C)(C)C.CN=C(N(C)C)[N+](C)(C)C.CN=C(N(C)C)[N+](C)(C)C.CN=C(N(C)C)[N+](C)(C)C.CN=C(N(C)C)[N+](C)(C)C.CN=C(N(C)C)[N+](C)(C)C.N#CB([O-])[O-].N#CB([O-])[O-].N#CB([O-])[O-].N#CB([O-])[O-]. The summed E-state index contributed by atoms with van der Waals surface area (Å²) in [6, 6.07) is 0. The second-order valence-electron chi connectivity index (χ2n) is 29.3. The van der Waals surface area contributed by atoms with Crippen LogP contribution >= 0.6 is 0 Å². The molecule has 0 unspecified atom stereocenters. The topological polar surface area (TPSA) is 404 Å². The molecule has 0 aliphatic rings. The molecule has 0 aromatic rings. The van der Waals surface area contributed by atoms with Crippen molar-refractivity contribution in [2.45, 2.75) is 0 Å². The van der Waals surface area contributed by atoms with Gasteiger partial charge in [-0.1, -0.05) is 0 Å². The summed E-state index contributed by atoms with van der Waals surface area (Å²) in [7, 11) is 87.8. The van der Waals surface area contributed by atoms with E-state index in [0.29, 0.717) is 0 Å². The standard InChI is InChI=1S/8C7H18N3.4CBNO2/c8*1-8-7(9(2)3)10(4,5)6;4*3-1-2(4)5/h8*1-6H3;;;;/q8*+1;4*-2. The molecule has 0 aromatic carbocycles. The summed E-state index contributed by atoms with van der Waals surface area (Å²) in [5.74, 6) is 12.2. The maximum atomic E-state index is 8.98. The van der Waals surface area contributed by atoms with Crippen molar-refractivity contribution < 1.29 is 76.1 Å². The van der Waals surface area contributed by atoms with Crippen molar-refractivity contribution in [2.24, 2.45) is 39.9 Å². The lowest BCUT2D eigenvalue weighted by Crippen LogP contribution is -2.48. The van der Waals surface area contributed by atoms with Crippen molar-refractivity contribution >= 4 is 76.2 Å². The molecule has 0 bridgehead atoms. The molecular weight excluding hydrogens is 1280 g/mol. The Balaban J connectivity index is -0.0000000852. The molecule has 0 aliphatic heterocycles. The van der Waals surface area contributed by atoms with Gasteiger partial charge in [0.1, 0.15) is 0 Å². The third-order valence-corrected chi connectivity index (χ3v) is 10.0. The highest BCUT2D eigenvalue weighted by Crippen LogP contribution is 2.02. The molecule has 0 saturated heterocycles. The van der Waals surface area contributed by atoms with E-state index in [1.165, 1.54) is 0 Å². The highest BCUT2D eigenvalue weighted by Gasteiger charge is 2.24. The van der Waals surface area contributed by atoms with Crippen LogP contribution in [0.25, 0.3) is 0 Å². The maximum absolute atomic E-state index is 8.98. The van der Waals surface area contributed by atoms with Crippen LogP contribution in [0.2, 0.25) is 0 Å². The molecule has 0 amide bonds. The summed E-state index contributed by atoms with van der Waals surface area (Å²) < 4.78 is 6.14. The maximum Gasteiger partial charge on any atom is 0.298 e.